The summed E-state index contributed by atoms with van der Waals surface area (Å²) in [7, 11) is 4.86. The van der Waals surface area contributed by atoms with Crippen LogP contribution in [0, 0.1) is 11.3 Å². The van der Waals surface area contributed by atoms with E-state index >= 15 is 0 Å². The number of methoxy groups -OCH3 is 3. The lowest BCUT2D eigenvalue weighted by molar-refractivity contribution is 0.414. The molecule has 3 aromatic rings. The fourth-order valence-electron chi connectivity index (χ4n) is 2.90. The standard InChI is InChI=1S/C24H22N2O3/c1-27-20-11-7-17(8-12-20)24(26-19-9-13-21(28-2)14-10-19)23(16-25)18-5-4-6-22(15-18)29-3/h4-15,26H,1-3H3/b24-23+. The maximum absolute atomic E-state index is 10.0. The highest BCUT2D eigenvalue weighted by atomic mass is 16.5. The van der Waals surface area contributed by atoms with Gasteiger partial charge in [-0.15, -0.1) is 0 Å². The largest absolute Gasteiger partial charge is 0.497 e. The molecule has 0 unspecified atom stereocenters. The number of hydrogen-bond acceptors (Lipinski definition) is 5. The first-order chi connectivity index (χ1) is 14.2. The van der Waals surface area contributed by atoms with Crippen molar-refractivity contribution in [3.8, 4) is 23.3 Å². The molecule has 3 rings (SSSR count). The number of allylic oxidation sites excluding steroid dienone is 1. The van der Waals surface area contributed by atoms with Gasteiger partial charge >= 0.3 is 0 Å². The highest BCUT2D eigenvalue weighted by Gasteiger charge is 2.13. The summed E-state index contributed by atoms with van der Waals surface area (Å²) in [6.45, 7) is 0. The first-order valence-electron chi connectivity index (χ1n) is 9.02. The van der Waals surface area contributed by atoms with Crippen LogP contribution in [0.5, 0.6) is 17.2 Å². The molecule has 146 valence electrons. The molecular weight excluding hydrogens is 364 g/mol. The maximum atomic E-state index is 10.0. The molecule has 0 aliphatic carbocycles. The van der Waals surface area contributed by atoms with Crippen LogP contribution < -0.4 is 19.5 Å². The number of nitriles is 1. The lowest BCUT2D eigenvalue weighted by Crippen LogP contribution is -2.03. The lowest BCUT2D eigenvalue weighted by atomic mass is 9.99. The van der Waals surface area contributed by atoms with E-state index in [2.05, 4.69) is 11.4 Å². The molecule has 0 saturated heterocycles. The van der Waals surface area contributed by atoms with Crippen LogP contribution in [0.2, 0.25) is 0 Å². The van der Waals surface area contributed by atoms with Crippen molar-refractivity contribution in [1.82, 2.24) is 0 Å². The lowest BCUT2D eigenvalue weighted by Gasteiger charge is -2.16. The molecule has 3 aromatic carbocycles. The van der Waals surface area contributed by atoms with Crippen molar-refractivity contribution in [2.24, 2.45) is 0 Å². The summed E-state index contributed by atoms with van der Waals surface area (Å²) in [6.07, 6.45) is 0. The Labute approximate surface area is 170 Å². The van der Waals surface area contributed by atoms with Crippen molar-refractivity contribution in [1.29, 1.82) is 5.26 Å². The average Bonchev–Trinajstić information content (AvgIpc) is 2.79. The van der Waals surface area contributed by atoms with Crippen molar-refractivity contribution in [3.05, 3.63) is 83.9 Å². The first-order valence-corrected chi connectivity index (χ1v) is 9.02. The van der Waals surface area contributed by atoms with Gasteiger partial charge in [-0.1, -0.05) is 12.1 Å². The Morgan fingerprint density at radius 3 is 1.86 bits per heavy atom. The molecule has 5 heteroatoms. The topological polar surface area (TPSA) is 63.5 Å². The molecule has 0 aromatic heterocycles. The van der Waals surface area contributed by atoms with Crippen LogP contribution in [-0.2, 0) is 0 Å². The van der Waals surface area contributed by atoms with Crippen LogP contribution in [-0.4, -0.2) is 21.3 Å². The molecule has 0 heterocycles. The fourth-order valence-corrected chi connectivity index (χ4v) is 2.90. The molecular formula is C24H22N2O3. The predicted molar refractivity (Wildman–Crippen MR) is 115 cm³/mol. The molecule has 0 atom stereocenters. The van der Waals surface area contributed by atoms with Crippen LogP contribution in [0.25, 0.3) is 11.3 Å². The number of nitrogens with one attached hydrogen (secondary N) is 1. The minimum absolute atomic E-state index is 0.505. The van der Waals surface area contributed by atoms with Gasteiger partial charge in [-0.25, -0.2) is 0 Å². The van der Waals surface area contributed by atoms with E-state index in [1.54, 1.807) is 21.3 Å². The molecule has 0 bridgehead atoms. The second-order valence-electron chi connectivity index (χ2n) is 6.18. The molecule has 0 fully saturated rings. The van der Waals surface area contributed by atoms with E-state index < -0.39 is 0 Å². The van der Waals surface area contributed by atoms with Gasteiger partial charge in [0.1, 0.15) is 23.3 Å². The molecule has 0 aliphatic heterocycles. The zero-order valence-electron chi connectivity index (χ0n) is 16.6. The summed E-state index contributed by atoms with van der Waals surface area (Å²) < 4.78 is 15.8. The molecule has 0 aliphatic rings. The summed E-state index contributed by atoms with van der Waals surface area (Å²) in [5, 5.41) is 13.4. The van der Waals surface area contributed by atoms with Gasteiger partial charge in [0.05, 0.1) is 32.6 Å². The van der Waals surface area contributed by atoms with Gasteiger partial charge in [-0.05, 0) is 71.8 Å². The SMILES string of the molecule is COc1ccc(N/C(=C(\C#N)c2cccc(OC)c2)c2ccc(OC)cc2)cc1. The van der Waals surface area contributed by atoms with E-state index in [9.17, 15) is 5.26 Å². The van der Waals surface area contributed by atoms with Gasteiger partial charge in [0.25, 0.3) is 0 Å². The average molecular weight is 386 g/mol. The fraction of sp³-hybridized carbons (Fsp3) is 0.125. The smallest absolute Gasteiger partial charge is 0.119 e. The molecule has 5 nitrogen and oxygen atoms in total. The number of rotatable bonds is 7. The van der Waals surface area contributed by atoms with Crippen molar-refractivity contribution in [2.75, 3.05) is 26.6 Å². The molecule has 1 N–H and O–H groups in total. The van der Waals surface area contributed by atoms with Gasteiger partial charge in [-0.3, -0.25) is 0 Å². The Bertz CT molecular complexity index is 1030. The second kappa shape index (κ2) is 9.34. The van der Waals surface area contributed by atoms with Gasteiger partial charge in [0.15, 0.2) is 0 Å². The van der Waals surface area contributed by atoms with Crippen LogP contribution in [0.15, 0.2) is 72.8 Å². The molecule has 0 amide bonds. The predicted octanol–water partition coefficient (Wildman–Crippen LogP) is 5.22. The van der Waals surface area contributed by atoms with Crippen LogP contribution in [0.1, 0.15) is 11.1 Å². The van der Waals surface area contributed by atoms with E-state index in [1.165, 1.54) is 0 Å². The van der Waals surface area contributed by atoms with Gasteiger partial charge in [0, 0.05) is 5.69 Å². The van der Waals surface area contributed by atoms with Gasteiger partial charge in [0.2, 0.25) is 0 Å². The Balaban J connectivity index is 2.12. The number of anilines is 1. The van der Waals surface area contributed by atoms with E-state index in [4.69, 9.17) is 14.2 Å². The van der Waals surface area contributed by atoms with E-state index in [-0.39, 0.29) is 0 Å². The number of nitrogens with zero attached hydrogens (tertiary/aromatic N) is 1. The normalized spacial score (nSPS) is 11.1. The summed E-state index contributed by atoms with van der Waals surface area (Å²) in [4.78, 5) is 0. The third kappa shape index (κ3) is 4.69. The number of hydrogen-bond donors (Lipinski definition) is 1. The van der Waals surface area contributed by atoms with Crippen molar-refractivity contribution in [3.63, 3.8) is 0 Å². The molecule has 0 radical (unpaired) electrons. The summed E-state index contributed by atoms with van der Waals surface area (Å²) in [5.74, 6) is 2.20. The molecule has 29 heavy (non-hydrogen) atoms. The summed E-state index contributed by atoms with van der Waals surface area (Å²) in [6, 6.07) is 24.9. The Morgan fingerprint density at radius 2 is 1.31 bits per heavy atom. The summed E-state index contributed by atoms with van der Waals surface area (Å²) in [5.41, 5.74) is 3.66. The van der Waals surface area contributed by atoms with Gasteiger partial charge in [-0.2, -0.15) is 5.26 Å². The first kappa shape index (κ1) is 19.8. The monoisotopic (exact) mass is 386 g/mol. The van der Waals surface area contributed by atoms with Crippen LogP contribution in [0.3, 0.4) is 0 Å². The van der Waals surface area contributed by atoms with Crippen molar-refractivity contribution < 1.29 is 14.2 Å². The summed E-state index contributed by atoms with van der Waals surface area (Å²) >= 11 is 0. The van der Waals surface area contributed by atoms with E-state index in [0.29, 0.717) is 17.0 Å². The third-order valence-electron chi connectivity index (χ3n) is 4.46. The Hall–Kier alpha value is -3.91. The Kier molecular flexibility index (Phi) is 6.39. The van der Waals surface area contributed by atoms with Crippen LogP contribution >= 0.6 is 0 Å². The Morgan fingerprint density at radius 1 is 0.724 bits per heavy atom. The third-order valence-corrected chi connectivity index (χ3v) is 4.46. The highest BCUT2D eigenvalue weighted by Crippen LogP contribution is 2.30. The minimum atomic E-state index is 0.505. The maximum Gasteiger partial charge on any atom is 0.119 e. The zero-order valence-corrected chi connectivity index (χ0v) is 16.6. The highest BCUT2D eigenvalue weighted by molar-refractivity contribution is 6.01. The van der Waals surface area contributed by atoms with Gasteiger partial charge < -0.3 is 19.5 Å². The van der Waals surface area contributed by atoms with Crippen LogP contribution in [0.4, 0.5) is 5.69 Å². The van der Waals surface area contributed by atoms with Crippen molar-refractivity contribution >= 4 is 17.0 Å². The quantitative estimate of drug-likeness (QED) is 0.446. The number of benzene rings is 3. The second-order valence-corrected chi connectivity index (χ2v) is 6.18. The molecule has 0 saturated carbocycles. The zero-order chi connectivity index (χ0) is 20.6. The van der Waals surface area contributed by atoms with Crippen molar-refractivity contribution in [2.45, 2.75) is 0 Å². The number of ether oxygens (including phenoxy) is 3. The minimum Gasteiger partial charge on any atom is -0.497 e. The van der Waals surface area contributed by atoms with E-state index in [1.807, 2.05) is 72.8 Å². The van der Waals surface area contributed by atoms with E-state index in [0.717, 1.165) is 28.3 Å². The molecule has 0 spiro atoms.